The second kappa shape index (κ2) is 10.3. The van der Waals surface area contributed by atoms with Crippen molar-refractivity contribution < 1.29 is 18.0 Å². The van der Waals surface area contributed by atoms with Crippen LogP contribution in [-0.2, 0) is 14.8 Å². The normalized spacial score (nSPS) is 15.1. The van der Waals surface area contributed by atoms with Crippen molar-refractivity contribution in [1.82, 2.24) is 9.21 Å². The highest BCUT2D eigenvalue weighted by Crippen LogP contribution is 2.22. The zero-order valence-corrected chi connectivity index (χ0v) is 19.7. The Bertz CT molecular complexity index is 1050. The van der Waals surface area contributed by atoms with Crippen molar-refractivity contribution in [2.24, 2.45) is 0 Å². The molecule has 0 radical (unpaired) electrons. The lowest BCUT2D eigenvalue weighted by Gasteiger charge is -2.20. The van der Waals surface area contributed by atoms with Crippen molar-refractivity contribution in [2.45, 2.75) is 44.4 Å². The van der Waals surface area contributed by atoms with Crippen LogP contribution >= 0.6 is 0 Å². The number of likely N-dealkylation sites (N-methyl/N-ethyl adjacent to an activating group) is 1. The molecule has 0 atom stereocenters. The van der Waals surface area contributed by atoms with E-state index in [1.165, 1.54) is 33.5 Å². The quantitative estimate of drug-likeness (QED) is 0.718. The van der Waals surface area contributed by atoms with Crippen LogP contribution in [-0.4, -0.2) is 56.1 Å². The summed E-state index contributed by atoms with van der Waals surface area (Å²) in [7, 11) is -2.02. The standard InChI is InChI=1S/C24H31N3O4S/c1-18-9-8-10-19(2)23(18)25-22(28)17-26(3)24(29)20-11-13-21(14-12-20)32(30,31)27-15-6-4-5-7-16-27/h8-14H,4-7,15-17H2,1-3H3,(H,25,28). The Morgan fingerprint density at radius 1 is 0.938 bits per heavy atom. The van der Waals surface area contributed by atoms with Gasteiger partial charge in [0.05, 0.1) is 11.4 Å². The fourth-order valence-electron chi connectivity index (χ4n) is 3.90. The van der Waals surface area contributed by atoms with Gasteiger partial charge in [0.2, 0.25) is 15.9 Å². The van der Waals surface area contributed by atoms with E-state index in [1.807, 2.05) is 32.0 Å². The Hall–Kier alpha value is -2.71. The number of amides is 2. The van der Waals surface area contributed by atoms with E-state index in [-0.39, 0.29) is 23.3 Å². The number of para-hydroxylation sites is 1. The predicted octanol–water partition coefficient (Wildman–Crippen LogP) is 3.58. The van der Waals surface area contributed by atoms with Gasteiger partial charge in [-0.3, -0.25) is 9.59 Å². The summed E-state index contributed by atoms with van der Waals surface area (Å²) >= 11 is 0. The van der Waals surface area contributed by atoms with Gasteiger partial charge in [-0.15, -0.1) is 0 Å². The van der Waals surface area contributed by atoms with Crippen LogP contribution in [0.25, 0.3) is 0 Å². The number of hydrogen-bond donors (Lipinski definition) is 1. The molecule has 1 saturated heterocycles. The minimum Gasteiger partial charge on any atom is -0.332 e. The SMILES string of the molecule is Cc1cccc(C)c1NC(=O)CN(C)C(=O)c1ccc(S(=O)(=O)N2CCCCCC2)cc1. The van der Waals surface area contributed by atoms with Crippen LogP contribution in [0.4, 0.5) is 5.69 Å². The van der Waals surface area contributed by atoms with Gasteiger partial charge in [0.15, 0.2) is 0 Å². The number of benzene rings is 2. The Balaban J connectivity index is 1.65. The largest absolute Gasteiger partial charge is 0.332 e. The molecule has 7 nitrogen and oxygen atoms in total. The number of nitrogens with zero attached hydrogens (tertiary/aromatic N) is 2. The van der Waals surface area contributed by atoms with E-state index in [0.717, 1.165) is 42.5 Å². The van der Waals surface area contributed by atoms with Crippen molar-refractivity contribution in [2.75, 3.05) is 32.0 Å². The Morgan fingerprint density at radius 2 is 1.50 bits per heavy atom. The van der Waals surface area contributed by atoms with Crippen molar-refractivity contribution in [1.29, 1.82) is 0 Å². The monoisotopic (exact) mass is 457 g/mol. The van der Waals surface area contributed by atoms with Gasteiger partial charge in [0, 0.05) is 31.4 Å². The summed E-state index contributed by atoms with van der Waals surface area (Å²) in [6.45, 7) is 4.78. The molecule has 0 bridgehead atoms. The number of rotatable bonds is 6. The predicted molar refractivity (Wildman–Crippen MR) is 125 cm³/mol. The van der Waals surface area contributed by atoms with Gasteiger partial charge in [-0.25, -0.2) is 8.42 Å². The van der Waals surface area contributed by atoms with Crippen LogP contribution in [0.2, 0.25) is 0 Å². The van der Waals surface area contributed by atoms with Gasteiger partial charge in [-0.1, -0.05) is 31.0 Å². The molecule has 172 valence electrons. The maximum atomic E-state index is 12.9. The van der Waals surface area contributed by atoms with Crippen LogP contribution in [0, 0.1) is 13.8 Å². The molecule has 0 unspecified atom stereocenters. The fraction of sp³-hybridized carbons (Fsp3) is 0.417. The van der Waals surface area contributed by atoms with Crippen molar-refractivity contribution >= 4 is 27.5 Å². The van der Waals surface area contributed by atoms with Crippen LogP contribution in [0.3, 0.4) is 0 Å². The van der Waals surface area contributed by atoms with Gasteiger partial charge in [-0.2, -0.15) is 4.31 Å². The maximum absolute atomic E-state index is 12.9. The number of carbonyl (C=O) groups is 2. The second-order valence-electron chi connectivity index (χ2n) is 8.32. The summed E-state index contributed by atoms with van der Waals surface area (Å²) in [6.07, 6.45) is 3.82. The number of anilines is 1. The summed E-state index contributed by atoms with van der Waals surface area (Å²) in [5.74, 6) is -0.640. The molecule has 1 heterocycles. The molecule has 0 spiro atoms. The first kappa shape index (κ1) is 23.9. The Morgan fingerprint density at radius 3 is 2.06 bits per heavy atom. The highest BCUT2D eigenvalue weighted by molar-refractivity contribution is 7.89. The van der Waals surface area contributed by atoms with Crippen molar-refractivity contribution in [3.63, 3.8) is 0 Å². The van der Waals surface area contributed by atoms with Gasteiger partial charge < -0.3 is 10.2 Å². The van der Waals surface area contributed by atoms with Crippen LogP contribution < -0.4 is 5.32 Å². The number of aryl methyl sites for hydroxylation is 2. The minimum absolute atomic E-state index is 0.111. The zero-order valence-electron chi connectivity index (χ0n) is 18.9. The van der Waals surface area contributed by atoms with Crippen molar-refractivity contribution in [3.8, 4) is 0 Å². The molecule has 1 aliphatic heterocycles. The first-order valence-electron chi connectivity index (χ1n) is 10.9. The van der Waals surface area contributed by atoms with Crippen LogP contribution in [0.15, 0.2) is 47.4 Å². The van der Waals surface area contributed by atoms with Gasteiger partial charge in [0.25, 0.3) is 5.91 Å². The molecule has 0 saturated carbocycles. The molecule has 0 aromatic heterocycles. The van der Waals surface area contributed by atoms with E-state index in [2.05, 4.69) is 5.32 Å². The molecule has 2 amide bonds. The van der Waals surface area contributed by atoms with E-state index in [0.29, 0.717) is 18.7 Å². The first-order valence-corrected chi connectivity index (χ1v) is 12.4. The zero-order chi connectivity index (χ0) is 23.3. The van der Waals surface area contributed by atoms with Gasteiger partial charge in [-0.05, 0) is 62.1 Å². The van der Waals surface area contributed by atoms with E-state index in [9.17, 15) is 18.0 Å². The molecule has 8 heteroatoms. The topological polar surface area (TPSA) is 86.8 Å². The summed E-state index contributed by atoms with van der Waals surface area (Å²) in [6, 6.07) is 11.7. The second-order valence-corrected chi connectivity index (χ2v) is 10.3. The highest BCUT2D eigenvalue weighted by atomic mass is 32.2. The molecule has 3 rings (SSSR count). The smallest absolute Gasteiger partial charge is 0.254 e. The molecule has 2 aromatic rings. The summed E-state index contributed by atoms with van der Waals surface area (Å²) in [5.41, 5.74) is 2.99. The number of carbonyl (C=O) groups excluding carboxylic acids is 2. The molecule has 1 aliphatic rings. The van der Waals surface area contributed by atoms with E-state index in [1.54, 1.807) is 7.05 Å². The highest BCUT2D eigenvalue weighted by Gasteiger charge is 2.25. The molecule has 32 heavy (non-hydrogen) atoms. The lowest BCUT2D eigenvalue weighted by atomic mass is 10.1. The van der Waals surface area contributed by atoms with Crippen LogP contribution in [0.5, 0.6) is 0 Å². The molecule has 2 aromatic carbocycles. The molecule has 1 N–H and O–H groups in total. The molecule has 1 fully saturated rings. The lowest BCUT2D eigenvalue weighted by molar-refractivity contribution is -0.116. The molecule has 0 aliphatic carbocycles. The summed E-state index contributed by atoms with van der Waals surface area (Å²) < 4.78 is 27.3. The fourth-order valence-corrected chi connectivity index (χ4v) is 5.42. The van der Waals surface area contributed by atoms with Gasteiger partial charge >= 0.3 is 0 Å². The van der Waals surface area contributed by atoms with Crippen LogP contribution in [0.1, 0.15) is 47.2 Å². The minimum atomic E-state index is -3.57. The number of sulfonamides is 1. The Labute approximate surface area is 190 Å². The lowest BCUT2D eigenvalue weighted by Crippen LogP contribution is -2.35. The summed E-state index contributed by atoms with van der Waals surface area (Å²) in [4.78, 5) is 26.7. The molecular formula is C24H31N3O4S. The van der Waals surface area contributed by atoms with E-state index < -0.39 is 10.0 Å². The Kier molecular flexibility index (Phi) is 7.69. The number of nitrogens with one attached hydrogen (secondary N) is 1. The third-order valence-corrected chi connectivity index (χ3v) is 7.69. The number of hydrogen-bond acceptors (Lipinski definition) is 4. The first-order chi connectivity index (χ1) is 15.2. The van der Waals surface area contributed by atoms with E-state index >= 15 is 0 Å². The third-order valence-electron chi connectivity index (χ3n) is 5.78. The molecular weight excluding hydrogens is 426 g/mol. The van der Waals surface area contributed by atoms with Gasteiger partial charge in [0.1, 0.15) is 0 Å². The average molecular weight is 458 g/mol. The third kappa shape index (κ3) is 5.55. The average Bonchev–Trinajstić information content (AvgIpc) is 3.06. The maximum Gasteiger partial charge on any atom is 0.254 e. The summed E-state index contributed by atoms with van der Waals surface area (Å²) in [5, 5.41) is 2.87. The van der Waals surface area contributed by atoms with E-state index in [4.69, 9.17) is 0 Å². The van der Waals surface area contributed by atoms with Crippen molar-refractivity contribution in [3.05, 3.63) is 59.2 Å².